The molecule has 0 N–H and O–H groups in total. The fourth-order valence-electron chi connectivity index (χ4n) is 7.47. The topological polar surface area (TPSA) is 78.9 Å². The summed E-state index contributed by atoms with van der Waals surface area (Å²) >= 11 is 0. The minimum absolute atomic E-state index is 0.0861. The lowest BCUT2D eigenvalue weighted by atomic mass is 10.1. The maximum Gasteiger partial charge on any atom is 0.306 e. The van der Waals surface area contributed by atoms with Gasteiger partial charge in [0.05, 0.1) is 0 Å². The molecule has 0 saturated carbocycles. The molecule has 364 valence electrons. The van der Waals surface area contributed by atoms with E-state index < -0.39 is 6.10 Å². The van der Waals surface area contributed by atoms with Crippen molar-refractivity contribution in [2.45, 2.75) is 271 Å². The summed E-state index contributed by atoms with van der Waals surface area (Å²) in [6.07, 6.45) is 63.5. The minimum Gasteiger partial charge on any atom is -0.462 e. The van der Waals surface area contributed by atoms with Gasteiger partial charge in [-0.3, -0.25) is 14.4 Å². The van der Waals surface area contributed by atoms with Gasteiger partial charge in [0, 0.05) is 19.3 Å². The first kappa shape index (κ1) is 60.1. The smallest absolute Gasteiger partial charge is 0.306 e. The summed E-state index contributed by atoms with van der Waals surface area (Å²) in [5.74, 6) is -0.915. The molecule has 6 heteroatoms. The Morgan fingerprint density at radius 1 is 0.349 bits per heavy atom. The van der Waals surface area contributed by atoms with Crippen LogP contribution in [0.1, 0.15) is 265 Å². The van der Waals surface area contributed by atoms with Crippen molar-refractivity contribution in [2.75, 3.05) is 13.2 Å². The van der Waals surface area contributed by atoms with E-state index >= 15 is 0 Å². The molecule has 63 heavy (non-hydrogen) atoms. The van der Waals surface area contributed by atoms with Crippen molar-refractivity contribution in [3.8, 4) is 0 Å². The van der Waals surface area contributed by atoms with E-state index in [0.29, 0.717) is 19.3 Å². The number of esters is 3. The van der Waals surface area contributed by atoms with Crippen LogP contribution >= 0.6 is 0 Å². The zero-order chi connectivity index (χ0) is 45.8. The summed E-state index contributed by atoms with van der Waals surface area (Å²) in [7, 11) is 0. The number of ether oxygens (including phenoxy) is 3. The molecule has 0 radical (unpaired) electrons. The Bertz CT molecular complexity index is 1150. The molecule has 0 rings (SSSR count). The summed E-state index contributed by atoms with van der Waals surface area (Å²) in [6, 6.07) is 0. The van der Waals surface area contributed by atoms with Crippen LogP contribution in [0.15, 0.2) is 60.8 Å². The standard InChI is InChI=1S/C57H100O6/c1-4-7-10-13-16-19-22-25-27-28-29-30-31-33-35-38-41-44-47-50-56(59)62-53-54(52-61-55(58)49-46-43-40-37-34-24-21-18-15-12-9-6-3)63-57(60)51-48-45-42-39-36-32-26-23-20-17-14-11-8-5-2/h9,12,16,18-19,21-22,25,32,36,54H,4-8,10-11,13-15,17,20,23-24,26-31,33-35,37-53H2,1-3H3/b12-9-,19-16-,21-18-,25-22-,36-32-. The van der Waals surface area contributed by atoms with E-state index in [1.165, 1.54) is 122 Å². The second kappa shape index (κ2) is 51.7. The predicted octanol–water partition coefficient (Wildman–Crippen LogP) is 17.6. The lowest BCUT2D eigenvalue weighted by Crippen LogP contribution is -2.30. The molecule has 1 unspecified atom stereocenters. The highest BCUT2D eigenvalue weighted by Crippen LogP contribution is 2.15. The lowest BCUT2D eigenvalue weighted by Gasteiger charge is -2.18. The van der Waals surface area contributed by atoms with E-state index in [1.807, 2.05) is 0 Å². The fraction of sp³-hybridized carbons (Fsp3) is 0.772. The molecule has 0 saturated heterocycles. The molecule has 0 aromatic rings. The van der Waals surface area contributed by atoms with Crippen LogP contribution in [0.4, 0.5) is 0 Å². The SMILES string of the molecule is CC/C=C\C/C=C\CCCCCCCC(=O)OCC(COC(=O)CCCCCCCCCCCC/C=C\C=C/CCCCC)OC(=O)CCCCC/C=C\CCCCCCCCC. The third-order valence-electron chi connectivity index (χ3n) is 11.5. The van der Waals surface area contributed by atoms with Crippen molar-refractivity contribution in [1.29, 1.82) is 0 Å². The largest absolute Gasteiger partial charge is 0.462 e. The number of rotatable bonds is 48. The molecule has 0 fully saturated rings. The van der Waals surface area contributed by atoms with E-state index in [0.717, 1.165) is 103 Å². The summed E-state index contributed by atoms with van der Waals surface area (Å²) in [4.78, 5) is 38.0. The summed E-state index contributed by atoms with van der Waals surface area (Å²) in [5, 5.41) is 0. The Balaban J connectivity index is 4.36. The van der Waals surface area contributed by atoms with Gasteiger partial charge in [-0.25, -0.2) is 0 Å². The quantitative estimate of drug-likeness (QED) is 0.0199. The molecule has 0 heterocycles. The van der Waals surface area contributed by atoms with Crippen molar-refractivity contribution < 1.29 is 28.6 Å². The number of carbonyl (C=O) groups excluding carboxylic acids is 3. The Hall–Kier alpha value is -2.89. The average Bonchev–Trinajstić information content (AvgIpc) is 3.28. The molecule has 0 aromatic heterocycles. The van der Waals surface area contributed by atoms with E-state index in [9.17, 15) is 14.4 Å². The van der Waals surface area contributed by atoms with E-state index in [1.54, 1.807) is 0 Å². The van der Waals surface area contributed by atoms with Gasteiger partial charge in [0.2, 0.25) is 0 Å². The maximum atomic E-state index is 12.8. The molecule has 0 amide bonds. The van der Waals surface area contributed by atoms with Crippen LogP contribution in [0.5, 0.6) is 0 Å². The van der Waals surface area contributed by atoms with Crippen molar-refractivity contribution in [1.82, 2.24) is 0 Å². The van der Waals surface area contributed by atoms with Crippen LogP contribution in [0.3, 0.4) is 0 Å². The Labute approximate surface area is 390 Å². The first-order valence-electron chi connectivity index (χ1n) is 26.8. The first-order chi connectivity index (χ1) is 31.0. The highest BCUT2D eigenvalue weighted by Gasteiger charge is 2.19. The Kier molecular flexibility index (Phi) is 49.4. The third-order valence-corrected chi connectivity index (χ3v) is 11.5. The summed E-state index contributed by atoms with van der Waals surface area (Å²) < 4.78 is 16.8. The molecule has 1 atom stereocenters. The monoisotopic (exact) mass is 881 g/mol. The van der Waals surface area contributed by atoms with Crippen molar-refractivity contribution in [3.05, 3.63) is 60.8 Å². The highest BCUT2D eigenvalue weighted by molar-refractivity contribution is 5.71. The molecular weight excluding hydrogens is 781 g/mol. The minimum atomic E-state index is -0.788. The fourth-order valence-corrected chi connectivity index (χ4v) is 7.47. The van der Waals surface area contributed by atoms with Crippen LogP contribution in [0.2, 0.25) is 0 Å². The number of carbonyl (C=O) groups is 3. The zero-order valence-electron chi connectivity index (χ0n) is 41.6. The van der Waals surface area contributed by atoms with Gasteiger partial charge in [-0.05, 0) is 96.3 Å². The van der Waals surface area contributed by atoms with E-state index in [-0.39, 0.29) is 31.1 Å². The van der Waals surface area contributed by atoms with Gasteiger partial charge in [-0.15, -0.1) is 0 Å². The average molecular weight is 881 g/mol. The van der Waals surface area contributed by atoms with E-state index in [2.05, 4.69) is 81.5 Å². The molecule has 0 aliphatic carbocycles. The van der Waals surface area contributed by atoms with Crippen LogP contribution < -0.4 is 0 Å². The highest BCUT2D eigenvalue weighted by atomic mass is 16.6. The Morgan fingerprint density at radius 2 is 0.667 bits per heavy atom. The number of hydrogen-bond donors (Lipinski definition) is 0. The van der Waals surface area contributed by atoms with Gasteiger partial charge < -0.3 is 14.2 Å². The normalized spacial score (nSPS) is 12.5. The van der Waals surface area contributed by atoms with Gasteiger partial charge in [0.25, 0.3) is 0 Å². The molecule has 6 nitrogen and oxygen atoms in total. The van der Waals surface area contributed by atoms with Crippen LogP contribution in [0.25, 0.3) is 0 Å². The van der Waals surface area contributed by atoms with Gasteiger partial charge in [0.1, 0.15) is 13.2 Å². The summed E-state index contributed by atoms with van der Waals surface area (Å²) in [6.45, 7) is 6.48. The molecule has 0 bridgehead atoms. The lowest BCUT2D eigenvalue weighted by molar-refractivity contribution is -0.167. The third kappa shape index (κ3) is 50.0. The number of allylic oxidation sites excluding steroid dienone is 10. The van der Waals surface area contributed by atoms with Crippen molar-refractivity contribution >= 4 is 17.9 Å². The summed E-state index contributed by atoms with van der Waals surface area (Å²) in [5.41, 5.74) is 0. The van der Waals surface area contributed by atoms with E-state index in [4.69, 9.17) is 14.2 Å². The van der Waals surface area contributed by atoms with Crippen molar-refractivity contribution in [2.24, 2.45) is 0 Å². The van der Waals surface area contributed by atoms with Gasteiger partial charge in [-0.2, -0.15) is 0 Å². The molecule has 0 spiro atoms. The molecule has 0 aliphatic rings. The molecule has 0 aromatic carbocycles. The molecular formula is C57H100O6. The number of unbranched alkanes of at least 4 members (excludes halogenated alkanes) is 28. The Morgan fingerprint density at radius 3 is 1.11 bits per heavy atom. The van der Waals surface area contributed by atoms with Gasteiger partial charge in [-0.1, -0.05) is 210 Å². The molecule has 0 aliphatic heterocycles. The zero-order valence-corrected chi connectivity index (χ0v) is 41.6. The van der Waals surface area contributed by atoms with Crippen LogP contribution in [0, 0.1) is 0 Å². The van der Waals surface area contributed by atoms with Gasteiger partial charge in [0.15, 0.2) is 6.10 Å². The van der Waals surface area contributed by atoms with Crippen LogP contribution in [-0.2, 0) is 28.6 Å². The van der Waals surface area contributed by atoms with Crippen molar-refractivity contribution in [3.63, 3.8) is 0 Å². The number of hydrogen-bond acceptors (Lipinski definition) is 6. The second-order valence-electron chi connectivity index (χ2n) is 17.8. The second-order valence-corrected chi connectivity index (χ2v) is 17.8. The maximum absolute atomic E-state index is 12.8. The first-order valence-corrected chi connectivity index (χ1v) is 26.8. The predicted molar refractivity (Wildman–Crippen MR) is 270 cm³/mol. The van der Waals surface area contributed by atoms with Crippen LogP contribution in [-0.4, -0.2) is 37.2 Å². The van der Waals surface area contributed by atoms with Gasteiger partial charge >= 0.3 is 17.9 Å².